The van der Waals surface area contributed by atoms with Gasteiger partial charge in [0.25, 0.3) is 10.1 Å². The van der Waals surface area contributed by atoms with Crippen LogP contribution in [0.4, 0.5) is 0 Å². The van der Waals surface area contributed by atoms with Gasteiger partial charge in [-0.1, -0.05) is 36.4 Å². The molecule has 0 saturated heterocycles. The zero-order valence-corrected chi connectivity index (χ0v) is 13.8. The third-order valence-corrected chi connectivity index (χ3v) is 4.09. The Morgan fingerprint density at radius 3 is 1.86 bits per heavy atom. The van der Waals surface area contributed by atoms with Crippen LogP contribution in [0.2, 0.25) is 0 Å². The molecule has 0 saturated carbocycles. The fraction of sp³-hybridized carbons (Fsp3) is 0. The summed E-state index contributed by atoms with van der Waals surface area (Å²) in [6.07, 6.45) is 0. The topological polar surface area (TPSA) is 88.5 Å². The molecule has 1 radical (unpaired) electrons. The molecule has 101 valence electrons. The van der Waals surface area contributed by atoms with Gasteiger partial charge in [-0.15, -0.1) is 0 Å². The summed E-state index contributed by atoms with van der Waals surface area (Å²) >= 11 is 0. The van der Waals surface area contributed by atoms with Crippen LogP contribution < -0.4 is 0 Å². The smallest absolute Gasteiger partial charge is 0.289 e. The maximum Gasteiger partial charge on any atom is 0.295 e. The maximum atomic E-state index is 12.4. The fourth-order valence-corrected chi connectivity index (χ4v) is 3.04. The zero-order chi connectivity index (χ0) is 14.5. The van der Waals surface area contributed by atoms with E-state index in [1.54, 1.807) is 12.1 Å². The quantitative estimate of drug-likeness (QED) is 0.541. The molecule has 3 rings (SSSR count). The van der Waals surface area contributed by atoms with Gasteiger partial charge >= 0.3 is 0 Å². The van der Waals surface area contributed by atoms with E-state index in [0.29, 0.717) is 0 Å². The summed E-state index contributed by atoms with van der Waals surface area (Å²) < 4.78 is 31.9. The molecule has 21 heavy (non-hydrogen) atoms. The molecule has 0 aromatic heterocycles. The molecule has 0 heterocycles. The van der Waals surface area contributed by atoms with Gasteiger partial charge < -0.3 is 0 Å². The molecule has 2 aromatic rings. The Morgan fingerprint density at radius 1 is 0.762 bits per heavy atom. The number of ketones is 2. The van der Waals surface area contributed by atoms with E-state index in [1.807, 2.05) is 0 Å². The number of hydrogen-bond donors (Lipinski definition) is 1. The number of rotatable bonds is 1. The molecule has 2 aromatic carbocycles. The van der Waals surface area contributed by atoms with E-state index in [-0.39, 0.29) is 51.8 Å². The van der Waals surface area contributed by atoms with Crippen molar-refractivity contribution in [3.63, 3.8) is 0 Å². The largest absolute Gasteiger partial charge is 0.295 e. The first kappa shape index (κ1) is 16.1. The molecule has 0 bridgehead atoms. The van der Waals surface area contributed by atoms with E-state index in [2.05, 4.69) is 0 Å². The first-order valence-electron chi connectivity index (χ1n) is 5.70. The van der Waals surface area contributed by atoms with Gasteiger partial charge in [-0.2, -0.15) is 8.42 Å². The Kier molecular flexibility index (Phi) is 4.19. The summed E-state index contributed by atoms with van der Waals surface area (Å²) in [6, 6.07) is 9.99. The van der Waals surface area contributed by atoms with Gasteiger partial charge in [-0.25, -0.2) is 0 Å². The van der Waals surface area contributed by atoms with E-state index in [9.17, 15) is 22.6 Å². The first-order chi connectivity index (χ1) is 9.41. The van der Waals surface area contributed by atoms with E-state index >= 15 is 0 Å². The average Bonchev–Trinajstić information content (AvgIpc) is 2.43. The molecule has 1 aliphatic carbocycles. The van der Waals surface area contributed by atoms with Crippen LogP contribution in [0.5, 0.6) is 0 Å². The Bertz CT molecular complexity index is 871. The molecular weight excluding hydrogens is 303 g/mol. The van der Waals surface area contributed by atoms with Crippen molar-refractivity contribution in [3.05, 3.63) is 64.7 Å². The minimum absolute atomic E-state index is 0. The standard InChI is InChI=1S/C14H8O5S.Na/c15-13-8-4-1-2-5-9(8)14(16)12-10(13)6-3-7-11(12)20(17,18)19;/h1-7H,(H,17,18,19);. The van der Waals surface area contributed by atoms with Gasteiger partial charge in [-0.3, -0.25) is 14.1 Å². The molecule has 1 N–H and O–H groups in total. The maximum absolute atomic E-state index is 12.4. The third kappa shape index (κ3) is 2.49. The molecule has 0 spiro atoms. The summed E-state index contributed by atoms with van der Waals surface area (Å²) in [7, 11) is -4.58. The molecule has 0 unspecified atom stereocenters. The van der Waals surface area contributed by atoms with E-state index in [4.69, 9.17) is 0 Å². The van der Waals surface area contributed by atoms with Crippen LogP contribution in [0.1, 0.15) is 31.8 Å². The Hall–Kier alpha value is -1.31. The minimum Gasteiger partial charge on any atom is -0.289 e. The van der Waals surface area contributed by atoms with Crippen LogP contribution in [0, 0.1) is 0 Å². The molecular formula is C14H8NaO5S. The second-order valence-corrected chi connectivity index (χ2v) is 5.75. The number of carbonyl (C=O) groups excluding carboxylic acids is 2. The third-order valence-electron chi connectivity index (χ3n) is 3.19. The van der Waals surface area contributed by atoms with Crippen molar-refractivity contribution in [1.82, 2.24) is 0 Å². The van der Waals surface area contributed by atoms with Crippen LogP contribution in [-0.2, 0) is 10.1 Å². The van der Waals surface area contributed by atoms with Crippen molar-refractivity contribution in [2.45, 2.75) is 4.90 Å². The molecule has 1 aliphatic rings. The van der Waals surface area contributed by atoms with Crippen LogP contribution in [0.25, 0.3) is 0 Å². The SMILES string of the molecule is O=C1c2ccccc2C(=O)c2c1cccc2S(=O)(=O)O.[Na]. The van der Waals surface area contributed by atoms with Crippen LogP contribution in [0.3, 0.4) is 0 Å². The Balaban J connectivity index is 0.00000161. The van der Waals surface area contributed by atoms with E-state index in [1.165, 1.54) is 24.3 Å². The summed E-state index contributed by atoms with van der Waals surface area (Å²) in [5.74, 6) is -1.01. The summed E-state index contributed by atoms with van der Waals surface area (Å²) in [4.78, 5) is 24.2. The summed E-state index contributed by atoms with van der Waals surface area (Å²) in [5.41, 5.74) is 0.0983. The van der Waals surface area contributed by atoms with Gasteiger partial charge in [0.2, 0.25) is 0 Å². The van der Waals surface area contributed by atoms with Crippen molar-refractivity contribution < 1.29 is 22.6 Å². The summed E-state index contributed by atoms with van der Waals surface area (Å²) in [6.45, 7) is 0. The van der Waals surface area contributed by atoms with Gasteiger partial charge in [0.15, 0.2) is 11.6 Å². The zero-order valence-electron chi connectivity index (χ0n) is 11.0. The molecule has 0 atom stereocenters. The minimum atomic E-state index is -4.58. The predicted molar refractivity (Wildman–Crippen MR) is 75.3 cm³/mol. The number of hydrogen-bond acceptors (Lipinski definition) is 4. The number of benzene rings is 2. The van der Waals surface area contributed by atoms with E-state index in [0.717, 1.165) is 6.07 Å². The van der Waals surface area contributed by atoms with Crippen LogP contribution in [-0.4, -0.2) is 54.1 Å². The van der Waals surface area contributed by atoms with Crippen molar-refractivity contribution >= 4 is 51.2 Å². The van der Waals surface area contributed by atoms with E-state index < -0.39 is 26.6 Å². The van der Waals surface area contributed by atoms with Gasteiger partial charge in [0.1, 0.15) is 4.90 Å². The normalized spacial score (nSPS) is 13.2. The van der Waals surface area contributed by atoms with Crippen molar-refractivity contribution in [1.29, 1.82) is 0 Å². The number of fused-ring (bicyclic) bond motifs is 2. The molecule has 0 aliphatic heterocycles. The Labute approximate surface area is 143 Å². The van der Waals surface area contributed by atoms with Gasteiger partial charge in [0.05, 0.1) is 5.56 Å². The van der Waals surface area contributed by atoms with Crippen LogP contribution >= 0.6 is 0 Å². The molecule has 0 amide bonds. The van der Waals surface area contributed by atoms with Crippen molar-refractivity contribution in [2.24, 2.45) is 0 Å². The van der Waals surface area contributed by atoms with Gasteiger partial charge in [0, 0.05) is 46.2 Å². The van der Waals surface area contributed by atoms with Crippen molar-refractivity contribution in [3.8, 4) is 0 Å². The molecule has 7 heteroatoms. The first-order valence-corrected chi connectivity index (χ1v) is 7.14. The summed E-state index contributed by atoms with van der Waals surface area (Å²) in [5, 5.41) is 0. The van der Waals surface area contributed by atoms with Crippen LogP contribution in [0.15, 0.2) is 47.4 Å². The number of carbonyl (C=O) groups is 2. The molecule has 5 nitrogen and oxygen atoms in total. The van der Waals surface area contributed by atoms with Crippen molar-refractivity contribution in [2.75, 3.05) is 0 Å². The predicted octanol–water partition coefficient (Wildman–Crippen LogP) is 1.33. The van der Waals surface area contributed by atoms with Gasteiger partial charge in [-0.05, 0) is 6.07 Å². The fourth-order valence-electron chi connectivity index (χ4n) is 2.33. The second kappa shape index (κ2) is 5.47. The second-order valence-electron chi connectivity index (χ2n) is 4.36. The Morgan fingerprint density at radius 2 is 1.29 bits per heavy atom. The molecule has 0 fully saturated rings. The average molecular weight is 311 g/mol. The monoisotopic (exact) mass is 311 g/mol.